The number of H-pyrrole nitrogens is 1. The summed E-state index contributed by atoms with van der Waals surface area (Å²) in [4.78, 5) is 56.3. The van der Waals surface area contributed by atoms with E-state index in [4.69, 9.17) is 35.6 Å². The fraction of sp³-hybridized carbons (Fsp3) is 0.692. The molecule has 5 atom stereocenters. The Morgan fingerprint density at radius 2 is 2.07 bits per heavy atom. The molecular weight excluding hydrogens is 436 g/mol. The van der Waals surface area contributed by atoms with Gasteiger partial charge in [-0.05, 0) is 12.2 Å². The van der Waals surface area contributed by atoms with E-state index in [-0.39, 0.29) is 0 Å². The smallest absolute Gasteiger partial charge is 0.400 e. The van der Waals surface area contributed by atoms with Gasteiger partial charge in [0, 0.05) is 25.9 Å². The predicted octanol–water partition coefficient (Wildman–Crippen LogP) is -1.41. The minimum atomic E-state index is -4.59. The SMILES string of the molecule is COC1[C@@H](OP([O-])(=S)C(C)C)[C@@H](CNP(=O)(O)O)O[C@H]1n1ccc(=O)[nH]c1=O. The second-order valence-electron chi connectivity index (χ2n) is 6.39. The number of ether oxygens (including phenoxy) is 2. The molecule has 4 N–H and O–H groups in total. The Morgan fingerprint density at radius 1 is 1.43 bits per heavy atom. The van der Waals surface area contributed by atoms with Gasteiger partial charge in [0.15, 0.2) is 6.23 Å². The molecule has 1 aliphatic rings. The summed E-state index contributed by atoms with van der Waals surface area (Å²) >= 11 is 5.05. The normalized spacial score (nSPS) is 27.8. The van der Waals surface area contributed by atoms with Gasteiger partial charge in [0.2, 0.25) is 0 Å². The van der Waals surface area contributed by atoms with E-state index >= 15 is 0 Å². The summed E-state index contributed by atoms with van der Waals surface area (Å²) in [5, 5.41) is 1.99. The minimum Gasteiger partial charge on any atom is -0.800 e. The van der Waals surface area contributed by atoms with E-state index in [9.17, 15) is 19.0 Å². The molecule has 0 saturated carbocycles. The molecule has 0 radical (unpaired) electrons. The lowest BCUT2D eigenvalue weighted by molar-refractivity contribution is -0.192. The van der Waals surface area contributed by atoms with Crippen LogP contribution in [0.1, 0.15) is 20.1 Å². The molecule has 0 aromatic carbocycles. The molecule has 12 nitrogen and oxygen atoms in total. The van der Waals surface area contributed by atoms with E-state index in [1.54, 1.807) is 13.8 Å². The topological polar surface area (TPSA) is 175 Å². The number of rotatable bonds is 8. The standard InChI is InChI=1S/C13H23N3O9P2S/c1-7(2)26(19,28)25-10-8(6-14-27(20,21)22)24-12(11(10)23-3)16-5-4-9(17)15-13(16)18/h4-5,7-8,10-12H,6H2,1-3H3,(H,19,28)(H,15,17,18)(H3,14,20,21,22)/p-1/t8-,10+,11?,12-,26?/m1/s1. The van der Waals surface area contributed by atoms with Crippen LogP contribution in [0, 0.1) is 0 Å². The van der Waals surface area contributed by atoms with Crippen LogP contribution >= 0.6 is 14.2 Å². The first-order chi connectivity index (χ1) is 12.9. The third kappa shape index (κ3) is 5.67. The average Bonchev–Trinajstić information content (AvgIpc) is 2.88. The van der Waals surface area contributed by atoms with E-state index in [1.807, 2.05) is 5.09 Å². The minimum absolute atomic E-state index is 0.392. The number of hydrogen-bond donors (Lipinski definition) is 4. The quantitative estimate of drug-likeness (QED) is 0.337. The number of hydrogen-bond acceptors (Lipinski definition) is 8. The lowest BCUT2D eigenvalue weighted by Gasteiger charge is -2.37. The molecule has 2 rings (SSSR count). The average molecular weight is 458 g/mol. The third-order valence-electron chi connectivity index (χ3n) is 4.08. The van der Waals surface area contributed by atoms with E-state index in [2.05, 4.69) is 4.98 Å². The molecule has 2 unspecified atom stereocenters. The summed E-state index contributed by atoms with van der Waals surface area (Å²) < 4.78 is 28.9. The number of methoxy groups -OCH3 is 1. The number of nitrogens with one attached hydrogen (secondary N) is 2. The molecule has 0 amide bonds. The summed E-state index contributed by atoms with van der Waals surface area (Å²) in [6, 6.07) is 1.10. The molecule has 0 spiro atoms. The van der Waals surface area contributed by atoms with E-state index < -0.39 is 62.2 Å². The zero-order valence-electron chi connectivity index (χ0n) is 15.3. The van der Waals surface area contributed by atoms with Crippen LogP contribution in [0.2, 0.25) is 0 Å². The Balaban J connectivity index is 2.41. The van der Waals surface area contributed by atoms with Gasteiger partial charge >= 0.3 is 13.4 Å². The van der Waals surface area contributed by atoms with Gasteiger partial charge in [-0.25, -0.2) is 14.4 Å². The summed E-state index contributed by atoms with van der Waals surface area (Å²) in [6.07, 6.45) is -3.09. The second kappa shape index (κ2) is 8.97. The van der Waals surface area contributed by atoms with Gasteiger partial charge in [-0.15, -0.1) is 0 Å². The lowest BCUT2D eigenvalue weighted by atomic mass is 10.1. The molecular formula is C13H22N3O9P2S-. The summed E-state index contributed by atoms with van der Waals surface area (Å²) in [5.74, 6) is 0. The Labute approximate surface area is 165 Å². The molecule has 28 heavy (non-hydrogen) atoms. The Morgan fingerprint density at radius 3 is 2.57 bits per heavy atom. The lowest BCUT2D eigenvalue weighted by Crippen LogP contribution is -2.42. The molecule has 0 aliphatic carbocycles. The molecule has 1 saturated heterocycles. The van der Waals surface area contributed by atoms with Gasteiger partial charge in [0.1, 0.15) is 18.3 Å². The third-order valence-corrected chi connectivity index (χ3v) is 8.00. The summed E-state index contributed by atoms with van der Waals surface area (Å²) in [6.45, 7) is -0.721. The van der Waals surface area contributed by atoms with Crippen LogP contribution < -0.4 is 21.2 Å². The fourth-order valence-electron chi connectivity index (χ4n) is 2.60. The van der Waals surface area contributed by atoms with Crippen molar-refractivity contribution < 1.29 is 33.2 Å². The number of aromatic amines is 1. The van der Waals surface area contributed by atoms with Crippen molar-refractivity contribution in [2.24, 2.45) is 0 Å². The Kier molecular flexibility index (Phi) is 7.54. The van der Waals surface area contributed by atoms with Crippen LogP contribution in [0.3, 0.4) is 0 Å². The largest absolute Gasteiger partial charge is 0.800 e. The summed E-state index contributed by atoms with van der Waals surface area (Å²) in [7, 11) is -3.29. The van der Waals surface area contributed by atoms with Crippen molar-refractivity contribution >= 4 is 26.0 Å². The van der Waals surface area contributed by atoms with Crippen LogP contribution in [-0.4, -0.2) is 57.0 Å². The summed E-state index contributed by atoms with van der Waals surface area (Å²) in [5.41, 5.74) is -1.91. The van der Waals surface area contributed by atoms with Crippen molar-refractivity contribution in [3.63, 3.8) is 0 Å². The highest BCUT2D eigenvalue weighted by molar-refractivity contribution is 8.09. The Bertz CT molecular complexity index is 898. The van der Waals surface area contributed by atoms with Gasteiger partial charge in [-0.3, -0.25) is 14.3 Å². The zero-order chi connectivity index (χ0) is 21.3. The molecule has 15 heteroatoms. The van der Waals surface area contributed by atoms with Gasteiger partial charge in [0.25, 0.3) is 5.56 Å². The van der Waals surface area contributed by atoms with Crippen molar-refractivity contribution in [3.05, 3.63) is 33.1 Å². The van der Waals surface area contributed by atoms with Crippen LogP contribution in [0.5, 0.6) is 0 Å². The van der Waals surface area contributed by atoms with Crippen molar-refractivity contribution in [2.75, 3.05) is 13.7 Å². The van der Waals surface area contributed by atoms with E-state index in [0.717, 1.165) is 10.6 Å². The molecule has 1 aromatic rings. The maximum absolute atomic E-state index is 12.6. The van der Waals surface area contributed by atoms with E-state index in [1.165, 1.54) is 13.3 Å². The van der Waals surface area contributed by atoms with E-state index in [0.29, 0.717) is 0 Å². The second-order valence-corrected chi connectivity index (χ2v) is 11.6. The maximum atomic E-state index is 12.6. The van der Waals surface area contributed by atoms with Crippen LogP contribution in [-0.2, 0) is 30.4 Å². The molecule has 0 bridgehead atoms. The van der Waals surface area contributed by atoms with Gasteiger partial charge in [-0.2, -0.15) is 0 Å². The Hall–Kier alpha value is -0.720. The van der Waals surface area contributed by atoms with Crippen molar-refractivity contribution in [3.8, 4) is 0 Å². The highest BCUT2D eigenvalue weighted by atomic mass is 32.5. The van der Waals surface area contributed by atoms with Crippen LogP contribution in [0.4, 0.5) is 0 Å². The molecule has 1 aliphatic heterocycles. The van der Waals surface area contributed by atoms with Gasteiger partial charge in [0.05, 0.1) is 0 Å². The maximum Gasteiger partial charge on any atom is 0.400 e. The highest BCUT2D eigenvalue weighted by Crippen LogP contribution is 2.48. The van der Waals surface area contributed by atoms with Gasteiger partial charge in [-0.1, -0.05) is 25.7 Å². The fourth-order valence-corrected chi connectivity index (χ4v) is 4.16. The number of aromatic nitrogens is 2. The van der Waals surface area contributed by atoms with Crippen molar-refractivity contribution in [2.45, 2.75) is 44.0 Å². The molecule has 2 heterocycles. The van der Waals surface area contributed by atoms with Crippen LogP contribution in [0.15, 0.2) is 21.9 Å². The predicted molar refractivity (Wildman–Crippen MR) is 100 cm³/mol. The molecule has 1 fully saturated rings. The molecule has 160 valence electrons. The zero-order valence-corrected chi connectivity index (χ0v) is 17.9. The molecule has 1 aromatic heterocycles. The van der Waals surface area contributed by atoms with Crippen molar-refractivity contribution in [1.29, 1.82) is 0 Å². The monoisotopic (exact) mass is 458 g/mol. The van der Waals surface area contributed by atoms with Crippen LogP contribution in [0.25, 0.3) is 0 Å². The number of nitrogens with zero attached hydrogens (tertiary/aromatic N) is 1. The van der Waals surface area contributed by atoms with Gasteiger partial charge < -0.3 is 28.7 Å². The first-order valence-corrected chi connectivity index (χ1v) is 12.5. The highest BCUT2D eigenvalue weighted by Gasteiger charge is 2.48. The van der Waals surface area contributed by atoms with Crippen molar-refractivity contribution in [1.82, 2.24) is 14.6 Å². The first kappa shape index (κ1) is 23.6. The first-order valence-electron chi connectivity index (χ1n) is 8.15.